The Bertz CT molecular complexity index is 2180. The number of carbonyl (C=O) groups is 5. The minimum Gasteiger partial charge on any atom is -0.488 e. The Morgan fingerprint density at radius 2 is 1.88 bits per heavy atom. The van der Waals surface area contributed by atoms with Gasteiger partial charge in [0, 0.05) is 35.6 Å². The number of carboxylic acid groups (broad SMARTS) is 1. The highest BCUT2D eigenvalue weighted by Crippen LogP contribution is 2.46. The third kappa shape index (κ3) is 8.44. The van der Waals surface area contributed by atoms with Crippen molar-refractivity contribution in [2.45, 2.75) is 102 Å². The predicted molar refractivity (Wildman–Crippen MR) is 213 cm³/mol. The molecule has 17 heteroatoms. The van der Waals surface area contributed by atoms with Gasteiger partial charge in [-0.15, -0.1) is 17.9 Å². The van der Waals surface area contributed by atoms with E-state index in [4.69, 9.17) is 23.9 Å². The number of aliphatic carboxylic acids is 1. The number of alkyl carbamates (subject to hydrolysis) is 1. The van der Waals surface area contributed by atoms with E-state index >= 15 is 0 Å². The normalized spacial score (nSPS) is 22.9. The molecule has 7 rings (SSSR count). The molecule has 2 saturated carbocycles. The molecule has 4 heterocycles. The Morgan fingerprint density at radius 1 is 1.12 bits per heavy atom. The number of nitrogens with zero attached hydrogens (tertiary/aromatic N) is 3. The monoisotopic (exact) mass is 816 g/mol. The summed E-state index contributed by atoms with van der Waals surface area (Å²) in [5.74, 6) is -1.96. The lowest BCUT2D eigenvalue weighted by Crippen LogP contribution is -2.56. The lowest BCUT2D eigenvalue weighted by atomic mass is 9.92. The van der Waals surface area contributed by atoms with Gasteiger partial charge in [-0.3, -0.25) is 14.4 Å². The van der Waals surface area contributed by atoms with Crippen LogP contribution in [-0.4, -0.2) is 92.9 Å². The van der Waals surface area contributed by atoms with Crippen LogP contribution in [-0.2, 0) is 23.9 Å². The second kappa shape index (κ2) is 15.9. The van der Waals surface area contributed by atoms with E-state index in [1.807, 2.05) is 20.8 Å². The first-order valence-electron chi connectivity index (χ1n) is 19.3. The SMILES string of the molecule is C=C[C@@H]1C[C@]1(NC(=O)[C@@H]1C[C@@H](Oc2cc(-c3csc(NC(=O)CC(C)(C)C)n3)nc3c4c(ccc23)OCO4)CN1C(=O)[C@@H](NC(=O)OC1CCCC1)C(=C)C)C(=O)O. The first-order chi connectivity index (χ1) is 27.5. The standard InChI is InChI=1S/C41H48N6O10S/c1-7-22-16-41(22,37(51)52)46-35(49)28-14-24(18-47(28)36(50)32(21(2)3)45-39(53)57-23-10-8-9-11-23)56-30-15-26(42-33-25(30)12-13-29-34(33)55-20-54-29)27-19-58-38(43-27)44-31(48)17-40(4,5)6/h7,12-13,15,19,22-24,28,32H,1-2,8-11,14,16-18,20H2,3-6H3,(H,45,53)(H,46,49)(H,51,52)(H,43,44,48)/t22-,24-,28+,32+,41-/m1/s1. The van der Waals surface area contributed by atoms with Crippen LogP contribution in [0.1, 0.15) is 72.6 Å². The van der Waals surface area contributed by atoms with Crippen LogP contribution in [0.25, 0.3) is 22.3 Å². The number of anilines is 1. The van der Waals surface area contributed by atoms with Gasteiger partial charge in [-0.05, 0) is 62.1 Å². The van der Waals surface area contributed by atoms with Gasteiger partial charge in [-0.2, -0.15) is 0 Å². The fraction of sp³-hybridized carbons (Fsp3) is 0.488. The van der Waals surface area contributed by atoms with Crippen LogP contribution < -0.4 is 30.2 Å². The molecule has 3 aromatic rings. The number of amides is 4. The number of likely N-dealkylation sites (tertiary alicyclic amines) is 1. The molecule has 0 unspecified atom stereocenters. The van der Waals surface area contributed by atoms with Crippen LogP contribution in [0.5, 0.6) is 17.2 Å². The first-order valence-corrected chi connectivity index (χ1v) is 20.2. The van der Waals surface area contributed by atoms with Gasteiger partial charge in [-0.25, -0.2) is 19.6 Å². The maximum atomic E-state index is 14.4. The van der Waals surface area contributed by atoms with Gasteiger partial charge in [0.25, 0.3) is 0 Å². The molecule has 4 amide bonds. The van der Waals surface area contributed by atoms with E-state index in [9.17, 15) is 29.1 Å². The molecule has 0 bridgehead atoms. The van der Waals surface area contributed by atoms with E-state index in [0.717, 1.165) is 25.7 Å². The second-order valence-electron chi connectivity index (χ2n) is 16.6. The maximum absolute atomic E-state index is 14.4. The van der Waals surface area contributed by atoms with E-state index in [2.05, 4.69) is 34.1 Å². The highest BCUT2D eigenvalue weighted by Gasteiger charge is 2.61. The number of thiazole rings is 1. The molecule has 308 valence electrons. The molecular weight excluding hydrogens is 769 g/mol. The number of pyridine rings is 1. The van der Waals surface area contributed by atoms with Gasteiger partial charge < -0.3 is 44.9 Å². The third-order valence-electron chi connectivity index (χ3n) is 10.7. The van der Waals surface area contributed by atoms with Crippen molar-refractivity contribution in [1.29, 1.82) is 0 Å². The van der Waals surface area contributed by atoms with Crippen molar-refractivity contribution in [3.05, 3.63) is 48.4 Å². The van der Waals surface area contributed by atoms with Gasteiger partial charge in [-0.1, -0.05) is 33.4 Å². The zero-order chi connectivity index (χ0) is 41.5. The van der Waals surface area contributed by atoms with Crippen molar-refractivity contribution in [2.75, 3.05) is 18.7 Å². The summed E-state index contributed by atoms with van der Waals surface area (Å²) in [6.45, 7) is 15.0. The van der Waals surface area contributed by atoms with E-state index in [-0.39, 0.29) is 43.6 Å². The first kappa shape index (κ1) is 40.5. The number of benzene rings is 1. The number of carbonyl (C=O) groups excluding carboxylic acids is 4. The molecule has 2 aromatic heterocycles. The highest BCUT2D eigenvalue weighted by molar-refractivity contribution is 7.14. The Morgan fingerprint density at radius 3 is 2.55 bits per heavy atom. The Labute approximate surface area is 339 Å². The van der Waals surface area contributed by atoms with E-state index in [1.54, 1.807) is 30.5 Å². The minimum absolute atomic E-state index is 0.00957. The fourth-order valence-corrected chi connectivity index (χ4v) is 8.41. The van der Waals surface area contributed by atoms with Crippen LogP contribution in [0.2, 0.25) is 0 Å². The summed E-state index contributed by atoms with van der Waals surface area (Å²) in [6, 6.07) is 2.77. The summed E-state index contributed by atoms with van der Waals surface area (Å²) in [4.78, 5) is 77.3. The van der Waals surface area contributed by atoms with E-state index in [1.165, 1.54) is 22.3 Å². The van der Waals surface area contributed by atoms with E-state index in [0.29, 0.717) is 56.7 Å². The van der Waals surface area contributed by atoms with Crippen molar-refractivity contribution in [2.24, 2.45) is 11.3 Å². The van der Waals surface area contributed by atoms with Gasteiger partial charge in [0.15, 0.2) is 16.6 Å². The smallest absolute Gasteiger partial charge is 0.408 e. The van der Waals surface area contributed by atoms with Crippen LogP contribution in [0.15, 0.2) is 48.4 Å². The molecule has 0 radical (unpaired) electrons. The van der Waals surface area contributed by atoms with Gasteiger partial charge in [0.05, 0.1) is 12.2 Å². The van der Waals surface area contributed by atoms with Crippen LogP contribution in [0, 0.1) is 11.3 Å². The summed E-state index contributed by atoms with van der Waals surface area (Å²) in [6.07, 6.45) is 3.44. The number of fused-ring (bicyclic) bond motifs is 3. The fourth-order valence-electron chi connectivity index (χ4n) is 7.69. The molecule has 58 heavy (non-hydrogen) atoms. The predicted octanol–water partition coefficient (Wildman–Crippen LogP) is 5.57. The number of carboxylic acids is 1. The molecule has 1 aromatic carbocycles. The average Bonchev–Trinajstić information content (AvgIpc) is 3.77. The minimum atomic E-state index is -1.55. The summed E-state index contributed by atoms with van der Waals surface area (Å²) in [7, 11) is 0. The molecule has 4 aliphatic rings. The number of nitrogens with one attached hydrogen (secondary N) is 3. The zero-order valence-electron chi connectivity index (χ0n) is 32.9. The molecule has 2 aliphatic carbocycles. The third-order valence-corrected chi connectivity index (χ3v) is 11.5. The topological polar surface area (TPSA) is 208 Å². The summed E-state index contributed by atoms with van der Waals surface area (Å²) < 4.78 is 23.7. The molecule has 0 spiro atoms. The van der Waals surface area contributed by atoms with Crippen LogP contribution in [0.3, 0.4) is 0 Å². The van der Waals surface area contributed by atoms with Gasteiger partial charge >= 0.3 is 12.1 Å². The number of aromatic nitrogens is 2. The summed E-state index contributed by atoms with van der Waals surface area (Å²) >= 11 is 1.24. The quantitative estimate of drug-likeness (QED) is 0.156. The summed E-state index contributed by atoms with van der Waals surface area (Å²) in [5.41, 5.74) is -0.176. The number of ether oxygens (including phenoxy) is 4. The molecule has 5 atom stereocenters. The number of hydrogen-bond acceptors (Lipinski definition) is 12. The van der Waals surface area contributed by atoms with Crippen LogP contribution >= 0.6 is 11.3 Å². The van der Waals surface area contributed by atoms with Crippen LogP contribution in [0.4, 0.5) is 9.93 Å². The molecule has 1 saturated heterocycles. The van der Waals surface area contributed by atoms with Crippen molar-refractivity contribution < 1.29 is 48.0 Å². The van der Waals surface area contributed by atoms with Crippen molar-refractivity contribution >= 4 is 57.2 Å². The zero-order valence-corrected chi connectivity index (χ0v) is 33.7. The maximum Gasteiger partial charge on any atom is 0.408 e. The number of rotatable bonds is 13. The van der Waals surface area contributed by atoms with Crippen molar-refractivity contribution in [3.8, 4) is 28.6 Å². The lowest BCUT2D eigenvalue weighted by Gasteiger charge is -2.29. The molecule has 2 aliphatic heterocycles. The second-order valence-corrected chi connectivity index (χ2v) is 17.4. The van der Waals surface area contributed by atoms with Crippen molar-refractivity contribution in [3.63, 3.8) is 0 Å². The van der Waals surface area contributed by atoms with Gasteiger partial charge in [0.2, 0.25) is 24.5 Å². The lowest BCUT2D eigenvalue weighted by molar-refractivity contribution is -0.145. The summed E-state index contributed by atoms with van der Waals surface area (Å²) in [5, 5.41) is 21.0. The largest absolute Gasteiger partial charge is 0.488 e. The average molecular weight is 817 g/mol. The van der Waals surface area contributed by atoms with Gasteiger partial charge in [0.1, 0.15) is 46.8 Å². The van der Waals surface area contributed by atoms with Crippen molar-refractivity contribution in [1.82, 2.24) is 25.5 Å². The molecule has 16 nitrogen and oxygen atoms in total. The molecule has 3 fully saturated rings. The molecule has 4 N–H and O–H groups in total. The Hall–Kier alpha value is -5.71. The Kier molecular flexibility index (Phi) is 11.1. The Balaban J connectivity index is 1.19. The van der Waals surface area contributed by atoms with E-state index < -0.39 is 53.5 Å². The highest BCUT2D eigenvalue weighted by atomic mass is 32.1. The number of hydrogen-bond donors (Lipinski definition) is 4. The molecular formula is C41H48N6O10S.